The maximum atomic E-state index is 6.19. The quantitative estimate of drug-likeness (QED) is 0.175. The number of rotatable bonds is 5. The van der Waals surface area contributed by atoms with E-state index in [-0.39, 0.29) is 0 Å². The molecule has 50 heavy (non-hydrogen) atoms. The molecule has 0 radical (unpaired) electrons. The van der Waals surface area contributed by atoms with Crippen LogP contribution < -0.4 is 4.90 Å². The van der Waals surface area contributed by atoms with E-state index in [1.807, 2.05) is 12.1 Å². The van der Waals surface area contributed by atoms with Gasteiger partial charge in [-0.15, -0.1) is 0 Å². The molecular formula is C48H31NO. The summed E-state index contributed by atoms with van der Waals surface area (Å²) in [5.74, 6) is 0. The topological polar surface area (TPSA) is 16.4 Å². The lowest BCUT2D eigenvalue weighted by atomic mass is 9.97. The van der Waals surface area contributed by atoms with Crippen LogP contribution in [0.4, 0.5) is 17.1 Å². The first-order chi connectivity index (χ1) is 24.8. The van der Waals surface area contributed by atoms with Gasteiger partial charge in [-0.2, -0.15) is 0 Å². The molecule has 0 amide bonds. The number of benzene rings is 9. The van der Waals surface area contributed by atoms with E-state index in [9.17, 15) is 0 Å². The molecule has 0 atom stereocenters. The lowest BCUT2D eigenvalue weighted by molar-refractivity contribution is 0.669. The fraction of sp³-hybridized carbons (Fsp3) is 0. The van der Waals surface area contributed by atoms with Gasteiger partial charge in [-0.1, -0.05) is 127 Å². The van der Waals surface area contributed by atoms with E-state index in [1.165, 1.54) is 60.0 Å². The van der Waals surface area contributed by atoms with Crippen molar-refractivity contribution < 1.29 is 4.42 Å². The van der Waals surface area contributed by atoms with Crippen molar-refractivity contribution in [2.24, 2.45) is 0 Å². The largest absolute Gasteiger partial charge is 0.456 e. The lowest BCUT2D eigenvalue weighted by Crippen LogP contribution is -2.09. The van der Waals surface area contributed by atoms with Gasteiger partial charge < -0.3 is 9.32 Å². The Morgan fingerprint density at radius 2 is 0.780 bits per heavy atom. The summed E-state index contributed by atoms with van der Waals surface area (Å²) in [4.78, 5) is 2.32. The Bertz CT molecular complexity index is 2850. The Morgan fingerprint density at radius 3 is 1.48 bits per heavy atom. The predicted molar refractivity (Wildman–Crippen MR) is 212 cm³/mol. The zero-order chi connectivity index (χ0) is 33.0. The number of anilines is 3. The standard InChI is InChI=1S/C48H31NO/c1-2-9-39(10-3-1)49(40-25-20-32(21-26-40)37-18-16-35-15-14-34-8-4-5-11-42(34)44(35)30-37)41-27-22-33(23-28-41)38-19-17-36-24-29-47-48(45(36)31-38)43-12-6-7-13-46(43)50-47/h1-31H. The third kappa shape index (κ3) is 4.73. The van der Waals surface area contributed by atoms with Gasteiger partial charge in [-0.3, -0.25) is 0 Å². The van der Waals surface area contributed by atoms with Gasteiger partial charge in [-0.25, -0.2) is 0 Å². The minimum atomic E-state index is 0.921. The van der Waals surface area contributed by atoms with E-state index in [2.05, 4.69) is 181 Å². The van der Waals surface area contributed by atoms with Crippen LogP contribution in [0.3, 0.4) is 0 Å². The molecular weight excluding hydrogens is 607 g/mol. The second-order valence-corrected chi connectivity index (χ2v) is 13.0. The van der Waals surface area contributed by atoms with Crippen LogP contribution in [0.25, 0.3) is 76.5 Å². The molecule has 10 aromatic rings. The molecule has 2 heteroatoms. The Hall–Kier alpha value is -6.64. The summed E-state index contributed by atoms with van der Waals surface area (Å²) < 4.78 is 6.19. The Balaban J connectivity index is 1.02. The molecule has 0 spiro atoms. The molecule has 0 saturated heterocycles. The normalized spacial score (nSPS) is 11.6. The van der Waals surface area contributed by atoms with Crippen molar-refractivity contribution in [3.63, 3.8) is 0 Å². The van der Waals surface area contributed by atoms with E-state index in [1.54, 1.807) is 0 Å². The highest BCUT2D eigenvalue weighted by Gasteiger charge is 2.15. The van der Waals surface area contributed by atoms with Gasteiger partial charge in [0.15, 0.2) is 0 Å². The lowest BCUT2D eigenvalue weighted by Gasteiger charge is -2.26. The maximum Gasteiger partial charge on any atom is 0.136 e. The molecule has 1 heterocycles. The molecule has 0 fully saturated rings. The average molecular weight is 638 g/mol. The van der Waals surface area contributed by atoms with Gasteiger partial charge in [0.25, 0.3) is 0 Å². The van der Waals surface area contributed by atoms with Crippen LogP contribution in [-0.2, 0) is 0 Å². The van der Waals surface area contributed by atoms with Crippen molar-refractivity contribution in [2.75, 3.05) is 4.90 Å². The van der Waals surface area contributed by atoms with E-state index in [4.69, 9.17) is 4.42 Å². The zero-order valence-electron chi connectivity index (χ0n) is 27.3. The third-order valence-electron chi connectivity index (χ3n) is 10.0. The summed E-state index contributed by atoms with van der Waals surface area (Å²) in [6, 6.07) is 67.5. The van der Waals surface area contributed by atoms with Gasteiger partial charge in [0.1, 0.15) is 11.2 Å². The number of para-hydroxylation sites is 2. The van der Waals surface area contributed by atoms with Crippen LogP contribution in [-0.4, -0.2) is 0 Å². The summed E-state index contributed by atoms with van der Waals surface area (Å²) in [5.41, 5.74) is 9.94. The highest BCUT2D eigenvalue weighted by molar-refractivity contribution is 6.19. The number of hydrogen-bond acceptors (Lipinski definition) is 2. The fourth-order valence-electron chi connectivity index (χ4n) is 7.53. The smallest absolute Gasteiger partial charge is 0.136 e. The van der Waals surface area contributed by atoms with Crippen molar-refractivity contribution in [3.8, 4) is 22.3 Å². The second-order valence-electron chi connectivity index (χ2n) is 13.0. The minimum absolute atomic E-state index is 0.921. The van der Waals surface area contributed by atoms with E-state index >= 15 is 0 Å². The van der Waals surface area contributed by atoms with Gasteiger partial charge in [0, 0.05) is 27.8 Å². The van der Waals surface area contributed by atoms with Crippen LogP contribution in [0.1, 0.15) is 0 Å². The van der Waals surface area contributed by atoms with Crippen LogP contribution in [0.5, 0.6) is 0 Å². The van der Waals surface area contributed by atoms with Crippen molar-refractivity contribution in [1.82, 2.24) is 0 Å². The van der Waals surface area contributed by atoms with Gasteiger partial charge >= 0.3 is 0 Å². The average Bonchev–Trinajstić information content (AvgIpc) is 3.58. The molecule has 10 rings (SSSR count). The second kappa shape index (κ2) is 11.5. The molecule has 0 bridgehead atoms. The highest BCUT2D eigenvalue weighted by atomic mass is 16.3. The van der Waals surface area contributed by atoms with E-state index in [0.717, 1.165) is 33.6 Å². The molecule has 0 saturated carbocycles. The Kier molecular flexibility index (Phi) is 6.53. The third-order valence-corrected chi connectivity index (χ3v) is 10.0. The van der Waals surface area contributed by atoms with Gasteiger partial charge in [-0.05, 0) is 115 Å². The van der Waals surface area contributed by atoms with Gasteiger partial charge in [0.2, 0.25) is 0 Å². The van der Waals surface area contributed by atoms with Crippen molar-refractivity contribution in [1.29, 1.82) is 0 Å². The monoisotopic (exact) mass is 637 g/mol. The Morgan fingerprint density at radius 1 is 0.300 bits per heavy atom. The summed E-state index contributed by atoms with van der Waals surface area (Å²) in [5, 5.41) is 9.83. The highest BCUT2D eigenvalue weighted by Crippen LogP contribution is 2.39. The summed E-state index contributed by atoms with van der Waals surface area (Å²) in [6.45, 7) is 0. The first-order valence-electron chi connectivity index (χ1n) is 17.1. The Labute approximate surface area is 290 Å². The maximum absolute atomic E-state index is 6.19. The molecule has 0 N–H and O–H groups in total. The van der Waals surface area contributed by atoms with Crippen molar-refractivity contribution in [3.05, 3.63) is 188 Å². The van der Waals surface area contributed by atoms with Crippen LogP contribution in [0.2, 0.25) is 0 Å². The molecule has 1 aromatic heterocycles. The van der Waals surface area contributed by atoms with Crippen molar-refractivity contribution >= 4 is 71.3 Å². The van der Waals surface area contributed by atoms with E-state index in [0.29, 0.717) is 0 Å². The van der Waals surface area contributed by atoms with E-state index < -0.39 is 0 Å². The SMILES string of the molecule is c1ccc(N(c2ccc(-c3ccc4ccc5ccccc5c4c3)cc2)c2ccc(-c3ccc4ccc5oc6ccccc6c5c4c3)cc2)cc1. The zero-order valence-corrected chi connectivity index (χ0v) is 27.3. The first kappa shape index (κ1) is 28.4. The number of furan rings is 1. The van der Waals surface area contributed by atoms with Crippen LogP contribution in [0.15, 0.2) is 192 Å². The van der Waals surface area contributed by atoms with Crippen LogP contribution in [0, 0.1) is 0 Å². The number of nitrogens with zero attached hydrogens (tertiary/aromatic N) is 1. The molecule has 9 aromatic carbocycles. The molecule has 0 aliphatic carbocycles. The minimum Gasteiger partial charge on any atom is -0.456 e. The molecule has 0 unspecified atom stereocenters. The predicted octanol–water partition coefficient (Wildman–Crippen LogP) is 13.8. The first-order valence-corrected chi connectivity index (χ1v) is 17.1. The number of fused-ring (bicyclic) bond motifs is 8. The van der Waals surface area contributed by atoms with Crippen LogP contribution >= 0.6 is 0 Å². The molecule has 0 aliphatic rings. The van der Waals surface area contributed by atoms with Gasteiger partial charge in [0.05, 0.1) is 0 Å². The molecule has 234 valence electrons. The summed E-state index contributed by atoms with van der Waals surface area (Å²) in [7, 11) is 0. The molecule has 2 nitrogen and oxygen atoms in total. The number of hydrogen-bond donors (Lipinski definition) is 0. The summed E-state index contributed by atoms with van der Waals surface area (Å²) >= 11 is 0. The summed E-state index contributed by atoms with van der Waals surface area (Å²) in [6.07, 6.45) is 0. The molecule has 0 aliphatic heterocycles. The van der Waals surface area contributed by atoms with Crippen molar-refractivity contribution in [2.45, 2.75) is 0 Å². The fourth-order valence-corrected chi connectivity index (χ4v) is 7.53.